The monoisotopic (exact) mass is 307 g/mol. The van der Waals surface area contributed by atoms with E-state index in [1.165, 1.54) is 19.2 Å². The minimum atomic E-state index is -3.63. The number of halogens is 1. The summed E-state index contributed by atoms with van der Waals surface area (Å²) >= 11 is 5.59. The first-order chi connectivity index (χ1) is 8.80. The maximum absolute atomic E-state index is 12.1. The maximum atomic E-state index is 12.1. The van der Waals surface area contributed by atoms with Gasteiger partial charge in [0.2, 0.25) is 0 Å². The summed E-state index contributed by atoms with van der Waals surface area (Å²) in [5, 5.41) is 10.8. The van der Waals surface area contributed by atoms with E-state index in [0.29, 0.717) is 0 Å². The molecule has 0 spiro atoms. The molecule has 106 valence electrons. The fraction of sp³-hybridized carbons (Fsp3) is 0.455. The zero-order chi connectivity index (χ0) is 14.6. The minimum Gasteiger partial charge on any atom is -0.496 e. The molecule has 1 atom stereocenters. The molecule has 0 saturated carbocycles. The lowest BCUT2D eigenvalue weighted by Crippen LogP contribution is -2.15. The van der Waals surface area contributed by atoms with E-state index < -0.39 is 14.8 Å². The van der Waals surface area contributed by atoms with Crippen LogP contribution in [0.2, 0.25) is 0 Å². The zero-order valence-electron chi connectivity index (χ0n) is 10.5. The van der Waals surface area contributed by atoms with E-state index in [-0.39, 0.29) is 33.9 Å². The first-order valence-electron chi connectivity index (χ1n) is 5.42. The van der Waals surface area contributed by atoms with Crippen molar-refractivity contribution in [1.29, 1.82) is 0 Å². The van der Waals surface area contributed by atoms with Gasteiger partial charge in [-0.15, -0.1) is 11.6 Å². The predicted octanol–water partition coefficient (Wildman–Crippen LogP) is 2.25. The van der Waals surface area contributed by atoms with E-state index in [1.54, 1.807) is 6.92 Å². The van der Waals surface area contributed by atoms with Crippen LogP contribution < -0.4 is 4.74 Å². The van der Waals surface area contributed by atoms with Crippen LogP contribution in [0.25, 0.3) is 0 Å². The highest BCUT2D eigenvalue weighted by molar-refractivity contribution is 7.91. The van der Waals surface area contributed by atoms with Crippen LogP contribution in [0.4, 0.5) is 5.69 Å². The second-order valence-corrected chi connectivity index (χ2v) is 6.51. The molecular formula is C11H14ClNO5S. The number of alkyl halides is 1. The fourth-order valence-electron chi connectivity index (χ4n) is 1.47. The van der Waals surface area contributed by atoms with Gasteiger partial charge in [0.05, 0.1) is 28.7 Å². The topological polar surface area (TPSA) is 86.5 Å². The van der Waals surface area contributed by atoms with Crippen molar-refractivity contribution < 1.29 is 18.1 Å². The van der Waals surface area contributed by atoms with E-state index in [4.69, 9.17) is 16.3 Å². The molecule has 1 unspecified atom stereocenters. The summed E-state index contributed by atoms with van der Waals surface area (Å²) in [5.41, 5.74) is -0.323. The van der Waals surface area contributed by atoms with Crippen LogP contribution >= 0.6 is 11.6 Å². The second-order valence-electron chi connectivity index (χ2n) is 4.16. The lowest BCUT2D eigenvalue weighted by Gasteiger charge is -2.10. The van der Waals surface area contributed by atoms with Gasteiger partial charge in [-0.3, -0.25) is 10.1 Å². The number of sulfone groups is 1. The summed E-state index contributed by atoms with van der Waals surface area (Å²) in [4.78, 5) is 9.97. The Hall–Kier alpha value is -1.34. The fourth-order valence-corrected chi connectivity index (χ4v) is 3.37. The average molecular weight is 308 g/mol. The Labute approximate surface area is 116 Å². The van der Waals surface area contributed by atoms with Crippen LogP contribution in [-0.4, -0.2) is 32.1 Å². The van der Waals surface area contributed by atoms with Gasteiger partial charge in [0.15, 0.2) is 9.84 Å². The van der Waals surface area contributed by atoms with Crippen LogP contribution in [0, 0.1) is 16.0 Å². The van der Waals surface area contributed by atoms with E-state index >= 15 is 0 Å². The van der Waals surface area contributed by atoms with Gasteiger partial charge in [-0.2, -0.15) is 0 Å². The first-order valence-corrected chi connectivity index (χ1v) is 7.61. The summed E-state index contributed by atoms with van der Waals surface area (Å²) in [6.07, 6.45) is 0. The summed E-state index contributed by atoms with van der Waals surface area (Å²) < 4.78 is 29.1. The Bertz CT molecular complexity index is 572. The van der Waals surface area contributed by atoms with Crippen molar-refractivity contribution in [3.63, 3.8) is 0 Å². The number of ether oxygens (including phenoxy) is 1. The number of methoxy groups -OCH3 is 1. The summed E-state index contributed by atoms with van der Waals surface area (Å²) in [6, 6.07) is 3.46. The number of benzene rings is 1. The Balaban J connectivity index is 3.25. The van der Waals surface area contributed by atoms with Gasteiger partial charge in [-0.05, 0) is 12.0 Å². The van der Waals surface area contributed by atoms with Crippen LogP contribution in [-0.2, 0) is 9.84 Å². The number of nitro benzene ring substituents is 1. The molecular weight excluding hydrogens is 294 g/mol. The molecule has 0 N–H and O–H groups in total. The van der Waals surface area contributed by atoms with E-state index in [2.05, 4.69) is 0 Å². The SMILES string of the molecule is COc1cc([N+](=O)[O-])cc(S(=O)(=O)CC(C)CCl)c1. The van der Waals surface area contributed by atoms with Crippen LogP contribution in [0.15, 0.2) is 23.1 Å². The molecule has 8 heteroatoms. The molecule has 6 nitrogen and oxygen atoms in total. The van der Waals surface area contributed by atoms with Gasteiger partial charge in [-0.1, -0.05) is 6.92 Å². The molecule has 1 rings (SSSR count). The number of non-ortho nitro benzene ring substituents is 1. The Morgan fingerprint density at radius 2 is 2.05 bits per heavy atom. The van der Waals surface area contributed by atoms with E-state index in [9.17, 15) is 18.5 Å². The van der Waals surface area contributed by atoms with Crippen LogP contribution in [0.3, 0.4) is 0 Å². The van der Waals surface area contributed by atoms with Crippen molar-refractivity contribution in [2.24, 2.45) is 5.92 Å². The smallest absolute Gasteiger partial charge is 0.274 e. The normalized spacial score (nSPS) is 13.0. The van der Waals surface area contributed by atoms with E-state index in [1.807, 2.05) is 0 Å². The van der Waals surface area contributed by atoms with Crippen LogP contribution in [0.1, 0.15) is 6.92 Å². The Morgan fingerprint density at radius 3 is 2.53 bits per heavy atom. The lowest BCUT2D eigenvalue weighted by molar-refractivity contribution is -0.385. The number of nitrogens with zero attached hydrogens (tertiary/aromatic N) is 1. The number of hydrogen-bond acceptors (Lipinski definition) is 5. The second kappa shape index (κ2) is 6.21. The van der Waals surface area contributed by atoms with Crippen molar-refractivity contribution in [1.82, 2.24) is 0 Å². The van der Waals surface area contributed by atoms with Crippen molar-refractivity contribution in [2.75, 3.05) is 18.7 Å². The molecule has 19 heavy (non-hydrogen) atoms. The van der Waals surface area contributed by atoms with Gasteiger partial charge >= 0.3 is 0 Å². The van der Waals surface area contributed by atoms with Crippen LogP contribution in [0.5, 0.6) is 5.75 Å². The van der Waals surface area contributed by atoms with Gasteiger partial charge in [0, 0.05) is 11.9 Å². The molecule has 0 heterocycles. The third-order valence-corrected chi connectivity index (χ3v) is 4.93. The quantitative estimate of drug-likeness (QED) is 0.457. The van der Waals surface area contributed by atoms with Gasteiger partial charge in [-0.25, -0.2) is 8.42 Å². The standard InChI is InChI=1S/C11H14ClNO5S/c1-8(6-12)7-19(16,17)11-4-9(13(14)15)3-10(5-11)18-2/h3-5,8H,6-7H2,1-2H3. The molecule has 0 bridgehead atoms. The van der Waals surface area contributed by atoms with Gasteiger partial charge < -0.3 is 4.74 Å². The van der Waals surface area contributed by atoms with Crippen molar-refractivity contribution in [3.8, 4) is 5.75 Å². The van der Waals surface area contributed by atoms with Gasteiger partial charge in [0.1, 0.15) is 5.75 Å². The highest BCUT2D eigenvalue weighted by Gasteiger charge is 2.22. The average Bonchev–Trinajstić information content (AvgIpc) is 2.37. The predicted molar refractivity (Wildman–Crippen MR) is 71.6 cm³/mol. The Morgan fingerprint density at radius 1 is 1.42 bits per heavy atom. The lowest BCUT2D eigenvalue weighted by atomic mass is 10.3. The molecule has 0 saturated heterocycles. The molecule has 0 aliphatic rings. The van der Waals surface area contributed by atoms with Crippen molar-refractivity contribution >= 4 is 27.1 Å². The third-order valence-electron chi connectivity index (χ3n) is 2.44. The summed E-state index contributed by atoms with van der Waals surface area (Å²) in [5.74, 6) is -0.0743. The van der Waals surface area contributed by atoms with Gasteiger partial charge in [0.25, 0.3) is 5.69 Å². The maximum Gasteiger partial charge on any atom is 0.274 e. The highest BCUT2D eigenvalue weighted by atomic mass is 35.5. The zero-order valence-corrected chi connectivity index (χ0v) is 12.1. The first kappa shape index (κ1) is 15.7. The minimum absolute atomic E-state index is 0.129. The molecule has 1 aromatic carbocycles. The molecule has 0 aliphatic heterocycles. The van der Waals surface area contributed by atoms with Crippen molar-refractivity contribution in [3.05, 3.63) is 28.3 Å². The number of nitro groups is 1. The van der Waals surface area contributed by atoms with Crippen molar-refractivity contribution in [2.45, 2.75) is 11.8 Å². The number of rotatable bonds is 6. The summed E-state index contributed by atoms with van der Waals surface area (Å²) in [6.45, 7) is 1.69. The molecule has 0 fully saturated rings. The highest BCUT2D eigenvalue weighted by Crippen LogP contribution is 2.27. The molecule has 0 radical (unpaired) electrons. The number of hydrogen-bond donors (Lipinski definition) is 0. The van der Waals surface area contributed by atoms with E-state index in [0.717, 1.165) is 6.07 Å². The molecule has 0 aromatic heterocycles. The molecule has 0 aliphatic carbocycles. The Kier molecular flexibility index (Phi) is 5.13. The summed E-state index contributed by atoms with van der Waals surface area (Å²) in [7, 11) is -2.31. The largest absolute Gasteiger partial charge is 0.496 e. The molecule has 0 amide bonds. The molecule has 1 aromatic rings. The third kappa shape index (κ3) is 4.07.